The van der Waals surface area contributed by atoms with Crippen molar-refractivity contribution in [2.45, 2.75) is 39.9 Å². The number of aromatic hydroxyl groups is 1. The van der Waals surface area contributed by atoms with E-state index in [0.29, 0.717) is 5.56 Å². The van der Waals surface area contributed by atoms with E-state index in [-0.39, 0.29) is 30.4 Å². The number of ether oxygens (including phenoxy) is 2. The van der Waals surface area contributed by atoms with Crippen molar-refractivity contribution in [3.8, 4) is 5.75 Å². The molecule has 1 aromatic rings. The van der Waals surface area contributed by atoms with E-state index in [1.807, 2.05) is 0 Å². The molecule has 0 aliphatic rings. The lowest BCUT2D eigenvalue weighted by atomic mass is 9.95. The van der Waals surface area contributed by atoms with Crippen LogP contribution in [0.3, 0.4) is 0 Å². The van der Waals surface area contributed by atoms with Gasteiger partial charge in [0.15, 0.2) is 0 Å². The maximum absolute atomic E-state index is 11.5. The monoisotopic (exact) mass is 310 g/mol. The molecule has 0 unspecified atom stereocenters. The van der Waals surface area contributed by atoms with Gasteiger partial charge >= 0.3 is 11.9 Å². The Morgan fingerprint density at radius 3 is 2.41 bits per heavy atom. The molecule has 0 heterocycles. The van der Waals surface area contributed by atoms with Crippen LogP contribution in [0.1, 0.15) is 38.8 Å². The van der Waals surface area contributed by atoms with Crippen molar-refractivity contribution < 1.29 is 29.3 Å². The largest absolute Gasteiger partial charge is 0.508 e. The van der Waals surface area contributed by atoms with Crippen LogP contribution in [0.5, 0.6) is 5.75 Å². The Balaban J connectivity index is 2.81. The number of aliphatic hydroxyl groups is 1. The molecule has 6 nitrogen and oxygen atoms in total. The third-order valence-electron chi connectivity index (χ3n) is 3.05. The summed E-state index contributed by atoms with van der Waals surface area (Å²) >= 11 is 0. The zero-order valence-corrected chi connectivity index (χ0v) is 13.3. The fourth-order valence-electron chi connectivity index (χ4n) is 1.76. The highest BCUT2D eigenvalue weighted by Crippen LogP contribution is 2.30. The summed E-state index contributed by atoms with van der Waals surface area (Å²) in [5.74, 6) is -1.30. The van der Waals surface area contributed by atoms with Gasteiger partial charge in [-0.25, -0.2) is 0 Å². The van der Waals surface area contributed by atoms with Crippen LogP contribution >= 0.6 is 0 Å². The Labute approximate surface area is 129 Å². The van der Waals surface area contributed by atoms with E-state index in [0.717, 1.165) is 0 Å². The van der Waals surface area contributed by atoms with E-state index in [9.17, 15) is 19.8 Å². The maximum Gasteiger partial charge on any atom is 0.308 e. The van der Waals surface area contributed by atoms with Gasteiger partial charge in [0.1, 0.15) is 24.6 Å². The van der Waals surface area contributed by atoms with Gasteiger partial charge in [-0.2, -0.15) is 0 Å². The van der Waals surface area contributed by atoms with E-state index in [1.165, 1.54) is 26.0 Å². The first-order chi connectivity index (χ1) is 10.1. The highest BCUT2D eigenvalue weighted by Gasteiger charge is 2.29. The number of benzene rings is 1. The van der Waals surface area contributed by atoms with Crippen molar-refractivity contribution in [1.82, 2.24) is 0 Å². The molecule has 1 atom stereocenters. The number of rotatable bonds is 6. The minimum Gasteiger partial charge on any atom is -0.508 e. The molecule has 0 aliphatic carbocycles. The number of phenolic OH excluding ortho intramolecular Hbond substituents is 1. The van der Waals surface area contributed by atoms with Crippen molar-refractivity contribution >= 4 is 11.9 Å². The molecule has 122 valence electrons. The van der Waals surface area contributed by atoms with Gasteiger partial charge in [-0.15, -0.1) is 0 Å². The number of phenols is 1. The first-order valence-corrected chi connectivity index (χ1v) is 6.98. The van der Waals surface area contributed by atoms with Gasteiger partial charge in [-0.05, 0) is 18.6 Å². The molecule has 0 saturated heterocycles. The molecule has 0 bridgehead atoms. The number of esters is 2. The number of carbonyl (C=O) groups excluding carboxylic acids is 2. The van der Waals surface area contributed by atoms with Gasteiger partial charge in [0, 0.05) is 12.5 Å². The number of hydrogen-bond acceptors (Lipinski definition) is 6. The summed E-state index contributed by atoms with van der Waals surface area (Å²) in [6, 6.07) is 4.53. The van der Waals surface area contributed by atoms with E-state index < -0.39 is 17.5 Å². The summed E-state index contributed by atoms with van der Waals surface area (Å²) in [7, 11) is 0. The molecule has 0 saturated carbocycles. The number of hydrogen-bond donors (Lipinski definition) is 2. The zero-order valence-electron chi connectivity index (χ0n) is 13.3. The SMILES string of the molecule is CC(=O)OCc1ccc([C@@](C)(O)COC(=O)C(C)C)c(O)c1. The minimum atomic E-state index is -1.52. The third kappa shape index (κ3) is 5.04. The van der Waals surface area contributed by atoms with E-state index in [4.69, 9.17) is 9.47 Å². The summed E-state index contributed by atoms with van der Waals surface area (Å²) in [6.45, 7) is 5.90. The van der Waals surface area contributed by atoms with Crippen molar-refractivity contribution in [3.05, 3.63) is 29.3 Å². The quantitative estimate of drug-likeness (QED) is 0.779. The van der Waals surface area contributed by atoms with Gasteiger partial charge in [0.05, 0.1) is 5.92 Å². The highest BCUT2D eigenvalue weighted by molar-refractivity contribution is 5.71. The molecule has 1 aromatic carbocycles. The predicted molar refractivity (Wildman–Crippen MR) is 78.9 cm³/mol. The standard InChI is InChI=1S/C16H22O6/c1-10(2)15(19)22-9-16(4,20)13-6-5-12(7-14(13)18)8-21-11(3)17/h5-7,10,18,20H,8-9H2,1-4H3/t16-/m0/s1. The van der Waals surface area contributed by atoms with Crippen LogP contribution in [-0.4, -0.2) is 28.8 Å². The normalized spacial score (nSPS) is 13.5. The second kappa shape index (κ2) is 7.26. The second-order valence-corrected chi connectivity index (χ2v) is 5.67. The molecule has 1 rings (SSSR count). The van der Waals surface area contributed by atoms with Gasteiger partial charge in [-0.1, -0.05) is 26.0 Å². The molecule has 0 aliphatic heterocycles. The lowest BCUT2D eigenvalue weighted by molar-refractivity contribution is -0.155. The van der Waals surface area contributed by atoms with Crippen LogP contribution in [0.2, 0.25) is 0 Å². The van der Waals surface area contributed by atoms with Crippen molar-refractivity contribution in [3.63, 3.8) is 0 Å². The first kappa shape index (κ1) is 18.0. The first-order valence-electron chi connectivity index (χ1n) is 6.98. The average molecular weight is 310 g/mol. The third-order valence-corrected chi connectivity index (χ3v) is 3.05. The van der Waals surface area contributed by atoms with Crippen LogP contribution in [0.15, 0.2) is 18.2 Å². The number of carbonyl (C=O) groups is 2. The molecule has 0 amide bonds. The molecule has 0 spiro atoms. The van der Waals surface area contributed by atoms with Crippen LogP contribution in [-0.2, 0) is 31.3 Å². The topological polar surface area (TPSA) is 93.1 Å². The van der Waals surface area contributed by atoms with Crippen molar-refractivity contribution in [2.24, 2.45) is 5.92 Å². The van der Waals surface area contributed by atoms with Gasteiger partial charge < -0.3 is 19.7 Å². The second-order valence-electron chi connectivity index (χ2n) is 5.67. The Hall–Kier alpha value is -2.08. The fraction of sp³-hybridized carbons (Fsp3) is 0.500. The molecule has 0 fully saturated rings. The van der Waals surface area contributed by atoms with E-state index >= 15 is 0 Å². The lowest BCUT2D eigenvalue weighted by Crippen LogP contribution is -2.30. The molecule has 0 aromatic heterocycles. The minimum absolute atomic E-state index is 0.0354. The Morgan fingerprint density at radius 2 is 1.91 bits per heavy atom. The van der Waals surface area contributed by atoms with Crippen molar-refractivity contribution in [2.75, 3.05) is 6.61 Å². The van der Waals surface area contributed by atoms with Crippen LogP contribution in [0.4, 0.5) is 0 Å². The summed E-state index contributed by atoms with van der Waals surface area (Å²) in [5.41, 5.74) is -0.698. The lowest BCUT2D eigenvalue weighted by Gasteiger charge is -2.25. The Morgan fingerprint density at radius 1 is 1.27 bits per heavy atom. The van der Waals surface area contributed by atoms with Gasteiger partial charge in [-0.3, -0.25) is 9.59 Å². The Kier molecular flexibility index (Phi) is 5.93. The molecular weight excluding hydrogens is 288 g/mol. The maximum atomic E-state index is 11.5. The van der Waals surface area contributed by atoms with Crippen molar-refractivity contribution in [1.29, 1.82) is 0 Å². The fourth-order valence-corrected chi connectivity index (χ4v) is 1.76. The predicted octanol–water partition coefficient (Wildman–Crippen LogP) is 1.86. The molecular formula is C16H22O6. The van der Waals surface area contributed by atoms with Crippen LogP contribution < -0.4 is 0 Å². The molecule has 2 N–H and O–H groups in total. The average Bonchev–Trinajstić information content (AvgIpc) is 2.42. The van der Waals surface area contributed by atoms with Crippen LogP contribution in [0, 0.1) is 5.92 Å². The highest BCUT2D eigenvalue weighted by atomic mass is 16.5. The zero-order chi connectivity index (χ0) is 16.9. The summed E-state index contributed by atoms with van der Waals surface area (Å²) in [5, 5.41) is 20.4. The van der Waals surface area contributed by atoms with E-state index in [1.54, 1.807) is 19.9 Å². The van der Waals surface area contributed by atoms with Gasteiger partial charge in [0.25, 0.3) is 0 Å². The van der Waals surface area contributed by atoms with E-state index in [2.05, 4.69) is 0 Å². The summed E-state index contributed by atoms with van der Waals surface area (Å²) < 4.78 is 9.85. The molecule has 22 heavy (non-hydrogen) atoms. The Bertz CT molecular complexity index is 548. The van der Waals surface area contributed by atoms with Crippen LogP contribution in [0.25, 0.3) is 0 Å². The summed E-state index contributed by atoms with van der Waals surface area (Å²) in [6.07, 6.45) is 0. The van der Waals surface area contributed by atoms with Gasteiger partial charge in [0.2, 0.25) is 0 Å². The smallest absolute Gasteiger partial charge is 0.308 e. The molecule has 0 radical (unpaired) electrons. The summed E-state index contributed by atoms with van der Waals surface area (Å²) in [4.78, 5) is 22.2. The molecule has 6 heteroatoms.